The van der Waals surface area contributed by atoms with Crippen molar-refractivity contribution in [3.05, 3.63) is 15.9 Å². The van der Waals surface area contributed by atoms with Crippen LogP contribution in [0.3, 0.4) is 0 Å². The highest BCUT2D eigenvalue weighted by molar-refractivity contribution is 9.10. The molecule has 0 aliphatic heterocycles. The Morgan fingerprint density at radius 3 is 2.71 bits per heavy atom. The van der Waals surface area contributed by atoms with Crippen LogP contribution < -0.4 is 0 Å². The minimum atomic E-state index is -0.637. The maximum atomic E-state index is 9.28. The number of aliphatic hydroxyl groups excluding tert-OH is 2. The minimum absolute atomic E-state index is 0.179. The highest BCUT2D eigenvalue weighted by Gasteiger charge is 2.14. The van der Waals surface area contributed by atoms with E-state index in [-0.39, 0.29) is 6.61 Å². The van der Waals surface area contributed by atoms with Crippen LogP contribution in [-0.2, 0) is 18.7 Å². The summed E-state index contributed by atoms with van der Waals surface area (Å²) in [4.78, 5) is 0. The van der Waals surface area contributed by atoms with Crippen molar-refractivity contribution in [2.24, 2.45) is 0 Å². The highest BCUT2D eigenvalue weighted by atomic mass is 79.9. The molecule has 98 valence electrons. The van der Waals surface area contributed by atoms with Gasteiger partial charge in [0.1, 0.15) is 0 Å². The molecule has 1 unspecified atom stereocenters. The van der Waals surface area contributed by atoms with Crippen molar-refractivity contribution in [2.45, 2.75) is 38.7 Å². The first-order valence-corrected chi connectivity index (χ1v) is 7.69. The number of halogens is 1. The van der Waals surface area contributed by atoms with Crippen LogP contribution in [0.2, 0.25) is 0 Å². The van der Waals surface area contributed by atoms with E-state index >= 15 is 0 Å². The lowest BCUT2D eigenvalue weighted by molar-refractivity contribution is 0.113. The van der Waals surface area contributed by atoms with E-state index in [1.54, 1.807) is 11.8 Å². The average molecular weight is 323 g/mol. The van der Waals surface area contributed by atoms with Crippen LogP contribution in [0, 0.1) is 0 Å². The number of hydrogen-bond donors (Lipinski definition) is 2. The fourth-order valence-electron chi connectivity index (χ4n) is 1.50. The number of aryl methyl sites for hydroxylation is 2. The molecule has 0 fully saturated rings. The Morgan fingerprint density at radius 1 is 1.47 bits per heavy atom. The normalized spacial score (nSPS) is 13.0. The fourth-order valence-corrected chi connectivity index (χ4v) is 3.37. The van der Waals surface area contributed by atoms with E-state index in [4.69, 9.17) is 5.11 Å². The second-order valence-electron chi connectivity index (χ2n) is 3.73. The molecule has 4 nitrogen and oxygen atoms in total. The molecule has 6 heteroatoms. The van der Waals surface area contributed by atoms with E-state index in [1.165, 1.54) is 0 Å². The topological polar surface area (TPSA) is 58.3 Å². The minimum Gasteiger partial charge on any atom is -0.394 e. The number of rotatable bonds is 7. The van der Waals surface area contributed by atoms with E-state index in [0.29, 0.717) is 5.75 Å². The van der Waals surface area contributed by atoms with Crippen molar-refractivity contribution in [1.82, 2.24) is 9.78 Å². The lowest BCUT2D eigenvalue weighted by Crippen LogP contribution is -2.15. The van der Waals surface area contributed by atoms with Gasteiger partial charge in [-0.05, 0) is 29.3 Å². The average Bonchev–Trinajstić information content (AvgIpc) is 2.65. The van der Waals surface area contributed by atoms with Crippen molar-refractivity contribution in [3.8, 4) is 0 Å². The molecule has 17 heavy (non-hydrogen) atoms. The van der Waals surface area contributed by atoms with Crippen LogP contribution in [0.1, 0.15) is 25.2 Å². The van der Waals surface area contributed by atoms with Crippen molar-refractivity contribution in [2.75, 3.05) is 12.4 Å². The lowest BCUT2D eigenvalue weighted by Gasteiger charge is -2.08. The smallest absolute Gasteiger partial charge is 0.0861 e. The Balaban J connectivity index is 2.66. The van der Waals surface area contributed by atoms with E-state index < -0.39 is 6.10 Å². The van der Waals surface area contributed by atoms with Crippen LogP contribution >= 0.6 is 27.7 Å². The standard InChI is InChI=1S/C11H19BrN2O2S/c1-3-9-11(12)10(14(4-2)13-9)7-17-6-8(16)5-15/h8,15-16H,3-7H2,1-2H3. The number of thioether (sulfide) groups is 1. The molecule has 1 atom stereocenters. The summed E-state index contributed by atoms with van der Waals surface area (Å²) in [5, 5.41) is 22.5. The fraction of sp³-hybridized carbons (Fsp3) is 0.727. The molecule has 1 heterocycles. The van der Waals surface area contributed by atoms with Crippen LogP contribution in [-0.4, -0.2) is 38.5 Å². The van der Waals surface area contributed by atoms with Crippen molar-refractivity contribution >= 4 is 27.7 Å². The monoisotopic (exact) mass is 322 g/mol. The molecule has 0 radical (unpaired) electrons. The summed E-state index contributed by atoms with van der Waals surface area (Å²) in [6, 6.07) is 0. The first-order chi connectivity index (χ1) is 8.13. The van der Waals surface area contributed by atoms with Crippen molar-refractivity contribution in [1.29, 1.82) is 0 Å². The summed E-state index contributed by atoms with van der Waals surface area (Å²) in [5.74, 6) is 1.33. The molecule has 1 rings (SSSR count). The SMILES string of the molecule is CCc1nn(CC)c(CSCC(O)CO)c1Br. The van der Waals surface area contributed by atoms with Gasteiger partial charge < -0.3 is 10.2 Å². The molecular formula is C11H19BrN2O2S. The second-order valence-corrected chi connectivity index (χ2v) is 5.55. The molecule has 0 aromatic carbocycles. The molecule has 1 aromatic rings. The molecule has 0 bridgehead atoms. The van der Waals surface area contributed by atoms with E-state index in [2.05, 4.69) is 34.9 Å². The van der Waals surface area contributed by atoms with Gasteiger partial charge in [-0.15, -0.1) is 0 Å². The van der Waals surface area contributed by atoms with Gasteiger partial charge in [0.2, 0.25) is 0 Å². The van der Waals surface area contributed by atoms with Crippen LogP contribution in [0.5, 0.6) is 0 Å². The Hall–Kier alpha value is -0.0400. The molecule has 1 aromatic heterocycles. The van der Waals surface area contributed by atoms with Gasteiger partial charge >= 0.3 is 0 Å². The maximum Gasteiger partial charge on any atom is 0.0861 e. The molecule has 0 saturated carbocycles. The third kappa shape index (κ3) is 3.98. The van der Waals surface area contributed by atoms with Crippen molar-refractivity contribution < 1.29 is 10.2 Å². The summed E-state index contributed by atoms with van der Waals surface area (Å²) in [6.07, 6.45) is 0.271. The number of aliphatic hydroxyl groups is 2. The Bertz CT molecular complexity index is 357. The Labute approximate surface area is 115 Å². The Morgan fingerprint density at radius 2 is 2.18 bits per heavy atom. The molecular weight excluding hydrogens is 304 g/mol. The molecule has 0 aliphatic rings. The van der Waals surface area contributed by atoms with E-state index in [9.17, 15) is 5.11 Å². The van der Waals surface area contributed by atoms with Gasteiger partial charge in [-0.25, -0.2) is 0 Å². The number of nitrogens with zero attached hydrogens (tertiary/aromatic N) is 2. The van der Waals surface area contributed by atoms with Gasteiger partial charge in [-0.1, -0.05) is 6.92 Å². The molecule has 2 N–H and O–H groups in total. The van der Waals surface area contributed by atoms with Gasteiger partial charge in [0.05, 0.1) is 28.6 Å². The summed E-state index contributed by atoms with van der Waals surface area (Å²) in [7, 11) is 0. The molecule has 0 spiro atoms. The second kappa shape index (κ2) is 7.41. The quantitative estimate of drug-likeness (QED) is 0.804. The highest BCUT2D eigenvalue weighted by Crippen LogP contribution is 2.26. The molecule has 0 amide bonds. The zero-order chi connectivity index (χ0) is 12.8. The third-order valence-corrected chi connectivity index (χ3v) is 4.47. The van der Waals surface area contributed by atoms with Crippen LogP contribution in [0.4, 0.5) is 0 Å². The van der Waals surface area contributed by atoms with Gasteiger partial charge in [0.15, 0.2) is 0 Å². The van der Waals surface area contributed by atoms with E-state index in [1.807, 2.05) is 4.68 Å². The van der Waals surface area contributed by atoms with Crippen molar-refractivity contribution in [3.63, 3.8) is 0 Å². The summed E-state index contributed by atoms with van der Waals surface area (Å²) in [5.41, 5.74) is 2.23. The first kappa shape index (κ1) is 15.0. The molecule has 0 aliphatic carbocycles. The van der Waals surface area contributed by atoms with Gasteiger partial charge in [0.25, 0.3) is 0 Å². The maximum absolute atomic E-state index is 9.28. The predicted molar refractivity (Wildman–Crippen MR) is 74.2 cm³/mol. The van der Waals surface area contributed by atoms with Gasteiger partial charge in [-0.2, -0.15) is 16.9 Å². The summed E-state index contributed by atoms with van der Waals surface area (Å²) < 4.78 is 3.06. The van der Waals surface area contributed by atoms with Crippen LogP contribution in [0.15, 0.2) is 4.47 Å². The lowest BCUT2D eigenvalue weighted by atomic mass is 10.3. The van der Waals surface area contributed by atoms with Crippen LogP contribution in [0.25, 0.3) is 0 Å². The van der Waals surface area contributed by atoms with Gasteiger partial charge in [-0.3, -0.25) is 4.68 Å². The number of hydrogen-bond acceptors (Lipinski definition) is 4. The van der Waals surface area contributed by atoms with E-state index in [0.717, 1.165) is 34.6 Å². The number of aromatic nitrogens is 2. The van der Waals surface area contributed by atoms with Gasteiger partial charge in [0, 0.05) is 18.1 Å². The molecule has 0 saturated heterocycles. The third-order valence-electron chi connectivity index (χ3n) is 2.45. The zero-order valence-corrected chi connectivity index (χ0v) is 12.6. The predicted octanol–water partition coefficient (Wildman–Crippen LogP) is 1.81. The summed E-state index contributed by atoms with van der Waals surface area (Å²) in [6.45, 7) is 4.81. The first-order valence-electron chi connectivity index (χ1n) is 5.74. The summed E-state index contributed by atoms with van der Waals surface area (Å²) >= 11 is 5.18. The Kier molecular flexibility index (Phi) is 6.54. The largest absolute Gasteiger partial charge is 0.394 e. The zero-order valence-electron chi connectivity index (χ0n) is 10.2.